The molecule has 0 spiro atoms. The highest BCUT2D eigenvalue weighted by atomic mass is 16.5. The van der Waals surface area contributed by atoms with Crippen molar-refractivity contribution in [2.75, 3.05) is 7.05 Å². The Labute approximate surface area is 114 Å². The maximum absolute atomic E-state index is 5.65. The molecular formula is C15H23N3O. The molecule has 4 aliphatic carbocycles. The summed E-state index contributed by atoms with van der Waals surface area (Å²) >= 11 is 0. The van der Waals surface area contributed by atoms with Crippen LogP contribution in [0.3, 0.4) is 0 Å². The lowest BCUT2D eigenvalue weighted by atomic mass is 9.44. The number of nitrogens with one attached hydrogen (secondary N) is 1. The van der Waals surface area contributed by atoms with Gasteiger partial charge in [-0.25, -0.2) is 0 Å². The van der Waals surface area contributed by atoms with Crippen LogP contribution in [0.1, 0.15) is 57.2 Å². The van der Waals surface area contributed by atoms with E-state index in [4.69, 9.17) is 4.52 Å². The summed E-state index contributed by atoms with van der Waals surface area (Å²) in [6.07, 6.45) is 8.09. The molecule has 1 N–H and O–H groups in total. The summed E-state index contributed by atoms with van der Waals surface area (Å²) < 4.78 is 5.65. The molecular weight excluding hydrogens is 238 g/mol. The van der Waals surface area contributed by atoms with Crippen molar-refractivity contribution < 1.29 is 4.52 Å². The van der Waals surface area contributed by atoms with Gasteiger partial charge in [-0.1, -0.05) is 12.1 Å². The largest absolute Gasteiger partial charge is 0.339 e. The van der Waals surface area contributed by atoms with Gasteiger partial charge in [0.25, 0.3) is 0 Å². The lowest BCUT2D eigenvalue weighted by molar-refractivity contribution is -0.0724. The minimum absolute atomic E-state index is 0.206. The summed E-state index contributed by atoms with van der Waals surface area (Å²) in [6.45, 7) is 3.17. The molecule has 1 aromatic rings. The lowest BCUT2D eigenvalue weighted by Gasteiger charge is -2.59. The highest BCUT2D eigenvalue weighted by Crippen LogP contribution is 2.65. The van der Waals surface area contributed by atoms with Crippen molar-refractivity contribution in [2.45, 2.75) is 57.4 Å². The molecule has 4 saturated carbocycles. The van der Waals surface area contributed by atoms with Crippen LogP contribution in [0.4, 0.5) is 0 Å². The van der Waals surface area contributed by atoms with E-state index in [-0.39, 0.29) is 5.41 Å². The second-order valence-electron chi connectivity index (χ2n) is 7.60. The first kappa shape index (κ1) is 11.9. The number of aromatic nitrogens is 2. The van der Waals surface area contributed by atoms with Crippen molar-refractivity contribution in [2.24, 2.45) is 17.3 Å². The van der Waals surface area contributed by atoms with Gasteiger partial charge >= 0.3 is 0 Å². The molecule has 2 unspecified atom stereocenters. The molecule has 4 heteroatoms. The van der Waals surface area contributed by atoms with Gasteiger partial charge in [-0.15, -0.1) is 0 Å². The molecule has 4 aliphatic rings. The van der Waals surface area contributed by atoms with E-state index in [1.54, 1.807) is 0 Å². The van der Waals surface area contributed by atoms with E-state index in [1.165, 1.54) is 38.5 Å². The molecule has 0 aromatic carbocycles. The maximum Gasteiger partial charge on any atom is 0.232 e. The van der Waals surface area contributed by atoms with Crippen molar-refractivity contribution in [1.82, 2.24) is 15.5 Å². The van der Waals surface area contributed by atoms with E-state index in [9.17, 15) is 0 Å². The minimum atomic E-state index is 0.206. The van der Waals surface area contributed by atoms with Gasteiger partial charge in [0.15, 0.2) is 5.82 Å². The van der Waals surface area contributed by atoms with E-state index in [1.807, 2.05) is 7.05 Å². The zero-order chi connectivity index (χ0) is 13.1. The Morgan fingerprint density at radius 2 is 2.00 bits per heavy atom. The molecule has 4 fully saturated rings. The Bertz CT molecular complexity index is 481. The second-order valence-corrected chi connectivity index (χ2v) is 7.60. The van der Waals surface area contributed by atoms with Crippen LogP contribution >= 0.6 is 0 Å². The van der Waals surface area contributed by atoms with E-state index in [0.717, 1.165) is 23.6 Å². The summed E-state index contributed by atoms with van der Waals surface area (Å²) in [6, 6.07) is 0. The maximum atomic E-state index is 5.65. The quantitative estimate of drug-likeness (QED) is 0.908. The molecule has 1 aromatic heterocycles. The first-order chi connectivity index (χ1) is 9.11. The Morgan fingerprint density at radius 1 is 1.26 bits per heavy atom. The fourth-order valence-corrected chi connectivity index (χ4v) is 5.67. The van der Waals surface area contributed by atoms with Gasteiger partial charge in [-0.3, -0.25) is 0 Å². The van der Waals surface area contributed by atoms with E-state index in [2.05, 4.69) is 22.4 Å². The van der Waals surface area contributed by atoms with Crippen molar-refractivity contribution in [3.05, 3.63) is 11.7 Å². The molecule has 19 heavy (non-hydrogen) atoms. The van der Waals surface area contributed by atoms with Gasteiger partial charge < -0.3 is 9.84 Å². The molecule has 4 bridgehead atoms. The fourth-order valence-electron chi connectivity index (χ4n) is 5.67. The lowest BCUT2D eigenvalue weighted by Crippen LogP contribution is -2.53. The monoisotopic (exact) mass is 261 g/mol. The molecule has 0 radical (unpaired) electrons. The third kappa shape index (κ3) is 1.76. The fraction of sp³-hybridized carbons (Fsp3) is 0.867. The third-order valence-electron chi connectivity index (χ3n) is 5.61. The smallest absolute Gasteiger partial charge is 0.232 e. The Hall–Kier alpha value is -0.900. The topological polar surface area (TPSA) is 51.0 Å². The minimum Gasteiger partial charge on any atom is -0.339 e. The molecule has 5 rings (SSSR count). The normalized spacial score (nSPS) is 43.9. The molecule has 1 heterocycles. The average molecular weight is 261 g/mol. The standard InChI is InChI=1S/C15H23N3O/c1-14-4-10-3-11(5-14)7-15(6-10,9-14)13-17-12(8-16-2)18-19-13/h10-11,16H,3-9H2,1-2H3. The van der Waals surface area contributed by atoms with Crippen LogP contribution in [0.15, 0.2) is 4.52 Å². The van der Waals surface area contributed by atoms with Crippen LogP contribution in [0.25, 0.3) is 0 Å². The van der Waals surface area contributed by atoms with Gasteiger partial charge in [-0.2, -0.15) is 4.98 Å². The van der Waals surface area contributed by atoms with Crippen molar-refractivity contribution in [1.29, 1.82) is 0 Å². The number of rotatable bonds is 3. The SMILES string of the molecule is CNCc1noc(C23CC4CC(CC(C)(C4)C2)C3)n1. The predicted molar refractivity (Wildman–Crippen MR) is 71.5 cm³/mol. The van der Waals surface area contributed by atoms with Crippen LogP contribution in [0.5, 0.6) is 0 Å². The summed E-state index contributed by atoms with van der Waals surface area (Å²) in [5.41, 5.74) is 0.736. The molecule has 104 valence electrons. The van der Waals surface area contributed by atoms with Crippen LogP contribution in [-0.4, -0.2) is 17.2 Å². The van der Waals surface area contributed by atoms with Crippen LogP contribution < -0.4 is 5.32 Å². The second kappa shape index (κ2) is 3.81. The van der Waals surface area contributed by atoms with Crippen LogP contribution in [0.2, 0.25) is 0 Å². The van der Waals surface area contributed by atoms with Crippen molar-refractivity contribution >= 4 is 0 Å². The van der Waals surface area contributed by atoms with E-state index in [0.29, 0.717) is 12.0 Å². The zero-order valence-corrected chi connectivity index (χ0v) is 11.9. The molecule has 2 atom stereocenters. The first-order valence-electron chi connectivity index (χ1n) is 7.59. The van der Waals surface area contributed by atoms with Gasteiger partial charge in [0, 0.05) is 0 Å². The number of hydrogen-bond donors (Lipinski definition) is 1. The summed E-state index contributed by atoms with van der Waals surface area (Å²) in [5, 5.41) is 7.23. The van der Waals surface area contributed by atoms with E-state index < -0.39 is 0 Å². The number of hydrogen-bond acceptors (Lipinski definition) is 4. The van der Waals surface area contributed by atoms with Gasteiger partial charge in [-0.05, 0) is 62.8 Å². The van der Waals surface area contributed by atoms with Crippen LogP contribution in [-0.2, 0) is 12.0 Å². The van der Waals surface area contributed by atoms with Gasteiger partial charge in [0.2, 0.25) is 5.89 Å². The highest BCUT2D eigenvalue weighted by molar-refractivity contribution is 5.17. The average Bonchev–Trinajstić information content (AvgIpc) is 2.75. The zero-order valence-electron chi connectivity index (χ0n) is 11.9. The van der Waals surface area contributed by atoms with Gasteiger partial charge in [0.05, 0.1) is 12.0 Å². The highest BCUT2D eigenvalue weighted by Gasteiger charge is 2.58. The van der Waals surface area contributed by atoms with E-state index >= 15 is 0 Å². The first-order valence-corrected chi connectivity index (χ1v) is 7.59. The Kier molecular flexibility index (Phi) is 2.39. The molecule has 4 nitrogen and oxygen atoms in total. The third-order valence-corrected chi connectivity index (χ3v) is 5.61. The summed E-state index contributed by atoms with van der Waals surface area (Å²) in [5.74, 6) is 3.52. The Balaban J connectivity index is 1.69. The van der Waals surface area contributed by atoms with Crippen LogP contribution in [0, 0.1) is 17.3 Å². The molecule has 0 amide bonds. The molecule has 0 aliphatic heterocycles. The van der Waals surface area contributed by atoms with Crippen molar-refractivity contribution in [3.8, 4) is 0 Å². The summed E-state index contributed by atoms with van der Waals surface area (Å²) in [7, 11) is 1.92. The van der Waals surface area contributed by atoms with Crippen molar-refractivity contribution in [3.63, 3.8) is 0 Å². The van der Waals surface area contributed by atoms with Gasteiger partial charge in [0.1, 0.15) is 0 Å². The number of nitrogens with zero attached hydrogens (tertiary/aromatic N) is 2. The summed E-state index contributed by atoms with van der Waals surface area (Å²) in [4.78, 5) is 4.68. The predicted octanol–water partition coefficient (Wildman–Crippen LogP) is 2.65. The Morgan fingerprint density at radius 3 is 2.63 bits per heavy atom. The molecule has 0 saturated heterocycles.